The van der Waals surface area contributed by atoms with Crippen LogP contribution in [-0.2, 0) is 14.4 Å². The summed E-state index contributed by atoms with van der Waals surface area (Å²) < 4.78 is 4.96. The van der Waals surface area contributed by atoms with Gasteiger partial charge in [-0.1, -0.05) is 0 Å². The lowest BCUT2D eigenvalue weighted by molar-refractivity contribution is -0.204. The van der Waals surface area contributed by atoms with E-state index < -0.39 is 5.41 Å². The number of carbonyl (C=O) groups is 2. The second-order valence-electron chi connectivity index (χ2n) is 6.62. The van der Waals surface area contributed by atoms with Crippen molar-refractivity contribution in [3.05, 3.63) is 16.1 Å². The maximum absolute atomic E-state index is 11.9. The summed E-state index contributed by atoms with van der Waals surface area (Å²) in [4.78, 5) is 33.4. The smallest absolute Gasteiger partial charge is 0.357 e. The van der Waals surface area contributed by atoms with Crippen molar-refractivity contribution in [2.75, 3.05) is 19.7 Å². The van der Waals surface area contributed by atoms with Gasteiger partial charge < -0.3 is 9.57 Å². The van der Waals surface area contributed by atoms with Crippen molar-refractivity contribution in [3.63, 3.8) is 0 Å². The van der Waals surface area contributed by atoms with E-state index in [2.05, 4.69) is 4.98 Å². The second kappa shape index (κ2) is 7.40. The Kier molecular flexibility index (Phi) is 5.75. The van der Waals surface area contributed by atoms with Crippen LogP contribution in [-0.4, -0.2) is 41.7 Å². The van der Waals surface area contributed by atoms with E-state index in [1.165, 1.54) is 11.3 Å². The highest BCUT2D eigenvalue weighted by atomic mass is 32.1. The fourth-order valence-corrected chi connectivity index (χ4v) is 3.18. The number of hydrogen-bond acceptors (Lipinski definition) is 7. The quantitative estimate of drug-likeness (QED) is 0.785. The third kappa shape index (κ3) is 4.75. The van der Waals surface area contributed by atoms with Crippen molar-refractivity contribution in [1.29, 1.82) is 0 Å². The van der Waals surface area contributed by atoms with Crippen LogP contribution in [0.2, 0.25) is 0 Å². The fraction of sp³-hybridized carbons (Fsp3) is 0.688. The van der Waals surface area contributed by atoms with Gasteiger partial charge in [-0.25, -0.2) is 14.6 Å². The number of piperidine rings is 1. The maximum Gasteiger partial charge on any atom is 0.357 e. The van der Waals surface area contributed by atoms with Crippen LogP contribution in [0.1, 0.15) is 62.0 Å². The first-order chi connectivity index (χ1) is 10.8. The first-order valence-electron chi connectivity index (χ1n) is 7.91. The van der Waals surface area contributed by atoms with E-state index in [1.54, 1.807) is 17.4 Å². The summed E-state index contributed by atoms with van der Waals surface area (Å²) in [6.07, 6.45) is 1.71. The van der Waals surface area contributed by atoms with E-state index in [0.717, 1.165) is 17.8 Å². The number of esters is 1. The topological polar surface area (TPSA) is 68.7 Å². The van der Waals surface area contributed by atoms with Crippen LogP contribution in [0.5, 0.6) is 0 Å². The van der Waals surface area contributed by atoms with Gasteiger partial charge in [-0.3, -0.25) is 0 Å². The molecular formula is C16H24N2O4S. The number of thiazole rings is 1. The van der Waals surface area contributed by atoms with Crippen molar-refractivity contribution in [2.24, 2.45) is 5.41 Å². The zero-order valence-electron chi connectivity index (χ0n) is 14.1. The zero-order chi connectivity index (χ0) is 17.0. The first-order valence-corrected chi connectivity index (χ1v) is 8.79. The Morgan fingerprint density at radius 1 is 1.35 bits per heavy atom. The van der Waals surface area contributed by atoms with Crippen molar-refractivity contribution in [2.45, 2.75) is 46.5 Å². The van der Waals surface area contributed by atoms with Gasteiger partial charge in [0.2, 0.25) is 0 Å². The molecule has 1 aliphatic heterocycles. The molecule has 0 saturated carbocycles. The average Bonchev–Trinajstić information content (AvgIpc) is 2.97. The van der Waals surface area contributed by atoms with Crippen LogP contribution >= 0.6 is 11.3 Å². The highest BCUT2D eigenvalue weighted by Crippen LogP contribution is 2.31. The van der Waals surface area contributed by atoms with Gasteiger partial charge in [0.1, 0.15) is 0 Å². The van der Waals surface area contributed by atoms with Crippen LogP contribution in [0, 0.1) is 5.41 Å². The van der Waals surface area contributed by atoms with E-state index in [9.17, 15) is 9.59 Å². The third-order valence-corrected chi connectivity index (χ3v) is 4.64. The predicted octanol–water partition coefficient (Wildman–Crippen LogP) is 3.00. The lowest BCUT2D eigenvalue weighted by Crippen LogP contribution is -2.38. The van der Waals surface area contributed by atoms with Gasteiger partial charge in [0.15, 0.2) is 5.69 Å². The number of carbonyl (C=O) groups excluding carboxylic acids is 2. The van der Waals surface area contributed by atoms with Gasteiger partial charge in [0.05, 0.1) is 17.0 Å². The summed E-state index contributed by atoms with van der Waals surface area (Å²) in [7, 11) is 0. The van der Waals surface area contributed by atoms with Crippen molar-refractivity contribution >= 4 is 23.3 Å². The fourth-order valence-electron chi connectivity index (χ4n) is 2.22. The van der Waals surface area contributed by atoms with Gasteiger partial charge >= 0.3 is 11.9 Å². The Morgan fingerprint density at radius 2 is 2.00 bits per heavy atom. The van der Waals surface area contributed by atoms with Crippen LogP contribution < -0.4 is 0 Å². The molecule has 0 atom stereocenters. The summed E-state index contributed by atoms with van der Waals surface area (Å²) in [5.41, 5.74) is -0.116. The largest absolute Gasteiger partial charge is 0.461 e. The first kappa shape index (κ1) is 17.9. The molecule has 0 spiro atoms. The molecule has 1 saturated heterocycles. The minimum absolute atomic E-state index is 0.213. The molecule has 1 fully saturated rings. The number of hydroxylamine groups is 2. The van der Waals surface area contributed by atoms with Gasteiger partial charge in [-0.2, -0.15) is 0 Å². The summed E-state index contributed by atoms with van der Waals surface area (Å²) >= 11 is 1.49. The zero-order valence-corrected chi connectivity index (χ0v) is 14.9. The van der Waals surface area contributed by atoms with Crippen molar-refractivity contribution in [3.8, 4) is 0 Å². The molecule has 23 heavy (non-hydrogen) atoms. The molecule has 1 aromatic rings. The Morgan fingerprint density at radius 3 is 2.57 bits per heavy atom. The van der Waals surface area contributed by atoms with Crippen LogP contribution in [0.15, 0.2) is 5.38 Å². The monoisotopic (exact) mass is 340 g/mol. The minimum atomic E-state index is -0.499. The van der Waals surface area contributed by atoms with E-state index in [0.29, 0.717) is 31.3 Å². The third-order valence-electron chi connectivity index (χ3n) is 3.63. The lowest BCUT2D eigenvalue weighted by atomic mass is 9.97. The molecule has 6 nitrogen and oxygen atoms in total. The Hall–Kier alpha value is -1.47. The summed E-state index contributed by atoms with van der Waals surface area (Å²) in [5.74, 6) is -0.283. The van der Waals surface area contributed by atoms with Crippen molar-refractivity contribution < 1.29 is 19.2 Å². The molecule has 1 aromatic heterocycles. The maximum atomic E-state index is 11.9. The number of nitrogens with zero attached hydrogens (tertiary/aromatic N) is 2. The summed E-state index contributed by atoms with van der Waals surface area (Å²) in [6.45, 7) is 9.02. The van der Waals surface area contributed by atoms with E-state index in [1.807, 2.05) is 20.8 Å². The van der Waals surface area contributed by atoms with E-state index in [4.69, 9.17) is 9.57 Å². The molecular weight excluding hydrogens is 316 g/mol. The molecule has 128 valence electrons. The highest BCUT2D eigenvalue weighted by Gasteiger charge is 2.29. The summed E-state index contributed by atoms with van der Waals surface area (Å²) in [6, 6.07) is 0. The Labute approximate surface area is 140 Å². The van der Waals surface area contributed by atoms with Gasteiger partial charge in [-0.15, -0.1) is 16.4 Å². The molecule has 0 radical (unpaired) electrons. The Balaban J connectivity index is 1.87. The average molecular weight is 340 g/mol. The van der Waals surface area contributed by atoms with Crippen LogP contribution in [0.4, 0.5) is 0 Å². The molecule has 0 N–H and O–H groups in total. The molecule has 0 amide bonds. The SMILES string of the molecule is CCOC(=O)c1csc(C2CCN(OC(=O)C(C)(C)C)CC2)n1. The standard InChI is InChI=1S/C16H24N2O4S/c1-5-21-14(19)12-10-23-13(17-12)11-6-8-18(9-7-11)22-15(20)16(2,3)4/h10-11H,5-9H2,1-4H3. The molecule has 7 heteroatoms. The number of ether oxygens (including phenoxy) is 1. The molecule has 2 rings (SSSR count). The number of rotatable bonds is 4. The number of hydrogen-bond donors (Lipinski definition) is 0. The number of aromatic nitrogens is 1. The Bertz CT molecular complexity index is 557. The lowest BCUT2D eigenvalue weighted by Gasteiger charge is -2.31. The van der Waals surface area contributed by atoms with Crippen LogP contribution in [0.3, 0.4) is 0 Å². The van der Waals surface area contributed by atoms with Gasteiger partial charge in [0.25, 0.3) is 0 Å². The molecule has 0 aliphatic carbocycles. The highest BCUT2D eigenvalue weighted by molar-refractivity contribution is 7.09. The molecule has 0 unspecified atom stereocenters. The predicted molar refractivity (Wildman–Crippen MR) is 87.2 cm³/mol. The normalized spacial score (nSPS) is 17.0. The molecule has 1 aliphatic rings. The minimum Gasteiger partial charge on any atom is -0.461 e. The van der Waals surface area contributed by atoms with Gasteiger partial charge in [0, 0.05) is 24.4 Å². The molecule has 2 heterocycles. The van der Waals surface area contributed by atoms with E-state index >= 15 is 0 Å². The van der Waals surface area contributed by atoms with Crippen LogP contribution in [0.25, 0.3) is 0 Å². The van der Waals surface area contributed by atoms with Gasteiger partial charge in [-0.05, 0) is 40.5 Å². The van der Waals surface area contributed by atoms with E-state index in [-0.39, 0.29) is 11.9 Å². The molecule has 0 bridgehead atoms. The van der Waals surface area contributed by atoms with Crippen molar-refractivity contribution in [1.82, 2.24) is 10.0 Å². The molecule has 0 aromatic carbocycles. The summed E-state index contributed by atoms with van der Waals surface area (Å²) in [5, 5.41) is 4.43. The second-order valence-corrected chi connectivity index (χ2v) is 7.51.